The van der Waals surface area contributed by atoms with E-state index in [9.17, 15) is 4.79 Å². The van der Waals surface area contributed by atoms with E-state index in [-0.39, 0.29) is 18.2 Å². The first-order valence-electron chi connectivity index (χ1n) is 5.11. The normalized spacial score (nSPS) is 10.5. The van der Waals surface area contributed by atoms with Crippen molar-refractivity contribution in [1.82, 2.24) is 4.98 Å². The van der Waals surface area contributed by atoms with E-state index in [0.717, 1.165) is 10.9 Å². The molecule has 0 unspecified atom stereocenters. The minimum atomic E-state index is -0.144. The number of pyridine rings is 1. The van der Waals surface area contributed by atoms with E-state index in [2.05, 4.69) is 10.3 Å². The van der Waals surface area contributed by atoms with Gasteiger partial charge in [0.15, 0.2) is 0 Å². The number of halogens is 2. The molecule has 1 aromatic heterocycles. The van der Waals surface area contributed by atoms with Crippen LogP contribution >= 0.6 is 23.2 Å². The molecule has 0 bridgehead atoms. The third kappa shape index (κ3) is 2.87. The molecule has 1 amide bonds. The van der Waals surface area contributed by atoms with Crippen molar-refractivity contribution in [2.24, 2.45) is 0 Å². The zero-order valence-corrected chi connectivity index (χ0v) is 10.4. The van der Waals surface area contributed by atoms with Crippen LogP contribution in [0.4, 0.5) is 5.69 Å². The summed E-state index contributed by atoms with van der Waals surface area (Å²) < 4.78 is 0. The van der Waals surface area contributed by atoms with Gasteiger partial charge in [0.25, 0.3) is 0 Å². The number of nitrogens with zero attached hydrogens (tertiary/aromatic N) is 1. The van der Waals surface area contributed by atoms with Gasteiger partial charge in [0.2, 0.25) is 5.91 Å². The predicted octanol–water partition coefficient (Wildman–Crippen LogP) is 3.46. The summed E-state index contributed by atoms with van der Waals surface area (Å²) in [7, 11) is 0. The smallest absolute Gasteiger partial charge is 0.225 e. The van der Waals surface area contributed by atoms with Crippen molar-refractivity contribution in [3.05, 3.63) is 35.5 Å². The van der Waals surface area contributed by atoms with Crippen molar-refractivity contribution in [3.8, 4) is 0 Å². The van der Waals surface area contributed by atoms with Crippen LogP contribution in [0.25, 0.3) is 10.9 Å². The number of carbonyl (C=O) groups is 1. The number of aromatic nitrogens is 1. The van der Waals surface area contributed by atoms with E-state index < -0.39 is 0 Å². The highest BCUT2D eigenvalue weighted by Crippen LogP contribution is 2.26. The van der Waals surface area contributed by atoms with Gasteiger partial charge in [-0.05, 0) is 18.2 Å². The minimum Gasteiger partial charge on any atom is -0.324 e. The molecule has 0 radical (unpaired) electrons. The van der Waals surface area contributed by atoms with Crippen molar-refractivity contribution < 1.29 is 4.79 Å². The fraction of sp³-hybridized carbons (Fsp3) is 0.167. The van der Waals surface area contributed by atoms with Crippen LogP contribution in [-0.2, 0) is 4.79 Å². The molecule has 2 aromatic rings. The van der Waals surface area contributed by atoms with Crippen LogP contribution in [0.1, 0.15) is 6.42 Å². The van der Waals surface area contributed by atoms with E-state index >= 15 is 0 Å². The van der Waals surface area contributed by atoms with Crippen LogP contribution in [0.5, 0.6) is 0 Å². The van der Waals surface area contributed by atoms with Crippen LogP contribution in [0, 0.1) is 0 Å². The highest BCUT2D eigenvalue weighted by Gasteiger charge is 2.07. The van der Waals surface area contributed by atoms with Crippen molar-refractivity contribution in [3.63, 3.8) is 0 Å². The lowest BCUT2D eigenvalue weighted by atomic mass is 10.2. The predicted molar refractivity (Wildman–Crippen MR) is 70.7 cm³/mol. The molecule has 1 N–H and O–H groups in total. The summed E-state index contributed by atoms with van der Waals surface area (Å²) in [5.74, 6) is 0.145. The zero-order valence-electron chi connectivity index (χ0n) is 8.91. The average molecular weight is 269 g/mol. The van der Waals surface area contributed by atoms with E-state index in [1.165, 1.54) is 0 Å². The molecule has 0 spiro atoms. The van der Waals surface area contributed by atoms with Gasteiger partial charge in [-0.2, -0.15) is 0 Å². The first kappa shape index (κ1) is 12.1. The van der Waals surface area contributed by atoms with Crippen LogP contribution in [0.2, 0.25) is 5.02 Å². The van der Waals surface area contributed by atoms with Gasteiger partial charge in [0.1, 0.15) is 0 Å². The van der Waals surface area contributed by atoms with Gasteiger partial charge in [-0.25, -0.2) is 0 Å². The molecule has 1 heterocycles. The van der Waals surface area contributed by atoms with E-state index in [1.54, 1.807) is 18.3 Å². The lowest BCUT2D eigenvalue weighted by Crippen LogP contribution is -2.12. The Bertz CT molecular complexity index is 557. The summed E-state index contributed by atoms with van der Waals surface area (Å²) in [5, 5.41) is 4.21. The van der Waals surface area contributed by atoms with Gasteiger partial charge in [-0.1, -0.05) is 17.7 Å². The molecule has 0 saturated carbocycles. The molecule has 0 saturated heterocycles. The average Bonchev–Trinajstić information content (AvgIpc) is 2.29. The fourth-order valence-corrected chi connectivity index (χ4v) is 1.95. The summed E-state index contributed by atoms with van der Waals surface area (Å²) in [6, 6.07) is 7.21. The Morgan fingerprint density at radius 2 is 2.24 bits per heavy atom. The summed E-state index contributed by atoms with van der Waals surface area (Å²) in [5.41, 5.74) is 1.34. The Balaban J connectivity index is 2.42. The molecular formula is C12H10Cl2N2O. The molecule has 88 valence electrons. The van der Waals surface area contributed by atoms with Crippen molar-refractivity contribution in [2.45, 2.75) is 6.42 Å². The Kier molecular flexibility index (Phi) is 3.82. The van der Waals surface area contributed by atoms with Crippen molar-refractivity contribution >= 4 is 45.7 Å². The minimum absolute atomic E-state index is 0.144. The van der Waals surface area contributed by atoms with Gasteiger partial charge in [-0.15, -0.1) is 11.6 Å². The number of hydrogen-bond acceptors (Lipinski definition) is 2. The second-order valence-corrected chi connectivity index (χ2v) is 4.33. The SMILES string of the molecule is O=C(CCCl)Nc1cc(Cl)cc2cccnc12. The van der Waals surface area contributed by atoms with Crippen LogP contribution in [0.15, 0.2) is 30.5 Å². The number of nitrogens with one attached hydrogen (secondary N) is 1. The molecule has 0 aliphatic rings. The Morgan fingerprint density at radius 3 is 3.00 bits per heavy atom. The molecular weight excluding hydrogens is 259 g/mol. The van der Waals surface area contributed by atoms with Gasteiger partial charge in [-0.3, -0.25) is 9.78 Å². The molecule has 1 aromatic carbocycles. The topological polar surface area (TPSA) is 42.0 Å². The highest BCUT2D eigenvalue weighted by molar-refractivity contribution is 6.32. The largest absolute Gasteiger partial charge is 0.324 e. The maximum Gasteiger partial charge on any atom is 0.225 e. The number of alkyl halides is 1. The maximum atomic E-state index is 11.5. The van der Waals surface area contributed by atoms with Crippen LogP contribution in [0.3, 0.4) is 0 Å². The van der Waals surface area contributed by atoms with E-state index in [1.807, 2.05) is 12.1 Å². The number of amides is 1. The summed E-state index contributed by atoms with van der Waals surface area (Å²) in [6.45, 7) is 0. The fourth-order valence-electron chi connectivity index (χ4n) is 1.55. The standard InChI is InChI=1S/C12H10Cl2N2O/c13-4-3-11(17)16-10-7-9(14)6-8-2-1-5-15-12(8)10/h1-2,5-7H,3-4H2,(H,16,17). The van der Waals surface area contributed by atoms with Crippen LogP contribution < -0.4 is 5.32 Å². The third-order valence-corrected chi connectivity index (χ3v) is 2.67. The summed E-state index contributed by atoms with van der Waals surface area (Å²) in [4.78, 5) is 15.7. The van der Waals surface area contributed by atoms with E-state index in [0.29, 0.717) is 10.7 Å². The molecule has 0 atom stereocenters. The number of carbonyl (C=O) groups excluding carboxylic acids is 1. The number of rotatable bonds is 3. The lowest BCUT2D eigenvalue weighted by Gasteiger charge is -2.08. The summed E-state index contributed by atoms with van der Waals surface area (Å²) in [6.07, 6.45) is 1.94. The molecule has 3 nitrogen and oxygen atoms in total. The number of hydrogen-bond donors (Lipinski definition) is 1. The Labute approximate surface area is 109 Å². The Hall–Kier alpha value is -1.32. The van der Waals surface area contributed by atoms with Crippen molar-refractivity contribution in [2.75, 3.05) is 11.2 Å². The second-order valence-electron chi connectivity index (χ2n) is 3.52. The van der Waals surface area contributed by atoms with Gasteiger partial charge in [0, 0.05) is 28.9 Å². The quantitative estimate of drug-likeness (QED) is 0.867. The molecule has 0 aliphatic carbocycles. The number of anilines is 1. The molecule has 2 rings (SSSR count). The maximum absolute atomic E-state index is 11.5. The first-order chi connectivity index (χ1) is 8.20. The summed E-state index contributed by atoms with van der Waals surface area (Å²) >= 11 is 11.5. The number of benzene rings is 1. The lowest BCUT2D eigenvalue weighted by molar-refractivity contribution is -0.115. The Morgan fingerprint density at radius 1 is 1.41 bits per heavy atom. The van der Waals surface area contributed by atoms with Gasteiger partial charge in [0.05, 0.1) is 11.2 Å². The second kappa shape index (κ2) is 5.34. The highest BCUT2D eigenvalue weighted by atomic mass is 35.5. The molecule has 17 heavy (non-hydrogen) atoms. The van der Waals surface area contributed by atoms with E-state index in [4.69, 9.17) is 23.2 Å². The van der Waals surface area contributed by atoms with Crippen molar-refractivity contribution in [1.29, 1.82) is 0 Å². The monoisotopic (exact) mass is 268 g/mol. The van der Waals surface area contributed by atoms with Gasteiger partial charge >= 0.3 is 0 Å². The third-order valence-electron chi connectivity index (χ3n) is 2.27. The van der Waals surface area contributed by atoms with Crippen LogP contribution in [-0.4, -0.2) is 16.8 Å². The molecule has 0 fully saturated rings. The molecule has 5 heteroatoms. The first-order valence-corrected chi connectivity index (χ1v) is 6.02. The van der Waals surface area contributed by atoms with Gasteiger partial charge < -0.3 is 5.32 Å². The molecule has 0 aliphatic heterocycles. The zero-order chi connectivity index (χ0) is 12.3. The number of fused-ring (bicyclic) bond motifs is 1.